The van der Waals surface area contributed by atoms with Crippen molar-refractivity contribution in [3.63, 3.8) is 0 Å². The summed E-state index contributed by atoms with van der Waals surface area (Å²) >= 11 is 0. The fourth-order valence-electron chi connectivity index (χ4n) is 2.46. The molecule has 0 aliphatic heterocycles. The molecule has 0 aromatic heterocycles. The molecule has 0 aliphatic rings. The van der Waals surface area contributed by atoms with E-state index in [1.807, 2.05) is 30.3 Å². The fourth-order valence-corrected chi connectivity index (χ4v) is 2.46. The van der Waals surface area contributed by atoms with Gasteiger partial charge in [0.25, 0.3) is 0 Å². The van der Waals surface area contributed by atoms with Gasteiger partial charge >= 0.3 is 12.1 Å². The number of halogens is 3. The quantitative estimate of drug-likeness (QED) is 0.440. The Morgan fingerprint density at radius 1 is 1.10 bits per heavy atom. The third kappa shape index (κ3) is 9.80. The number of benzene rings is 2. The van der Waals surface area contributed by atoms with Gasteiger partial charge < -0.3 is 15.6 Å². The summed E-state index contributed by atoms with van der Waals surface area (Å²) in [6, 6.07) is 14.5. The lowest BCUT2D eigenvalue weighted by Gasteiger charge is -2.20. The maximum atomic E-state index is 12.6. The van der Waals surface area contributed by atoms with Crippen molar-refractivity contribution in [2.24, 2.45) is 5.73 Å². The molecule has 0 saturated carbocycles. The zero-order chi connectivity index (χ0) is 21.7. The molecule has 0 radical (unpaired) electrons. The van der Waals surface area contributed by atoms with Crippen LogP contribution in [-0.4, -0.2) is 17.6 Å². The summed E-state index contributed by atoms with van der Waals surface area (Å²) in [6.45, 7) is 2.27. The first-order valence-electron chi connectivity index (χ1n) is 9.22. The van der Waals surface area contributed by atoms with Crippen molar-refractivity contribution >= 4 is 5.97 Å². The number of rotatable bonds is 8. The average Bonchev–Trinajstić information content (AvgIpc) is 2.68. The Kier molecular flexibility index (Phi) is 10.5. The van der Waals surface area contributed by atoms with E-state index in [0.717, 1.165) is 43.0 Å². The highest BCUT2D eigenvalue weighted by Gasteiger charge is 2.30. The van der Waals surface area contributed by atoms with Gasteiger partial charge in [-0.3, -0.25) is 0 Å². The van der Waals surface area contributed by atoms with Crippen LogP contribution < -0.4 is 10.5 Å². The number of ether oxygens (including phenoxy) is 1. The molecule has 0 aliphatic carbocycles. The predicted molar refractivity (Wildman–Crippen MR) is 107 cm³/mol. The minimum absolute atomic E-state index is 0.195. The van der Waals surface area contributed by atoms with Gasteiger partial charge in [-0.15, -0.1) is 0 Å². The second-order valence-electron chi connectivity index (χ2n) is 6.16. The number of carbonyl (C=O) groups is 1. The SMILES string of the molecule is C/C=C\C(=O)O.NCCCCC(Oc1ccc(C(F)(F)F)cc1)c1ccccc1. The first-order chi connectivity index (χ1) is 13.8. The van der Waals surface area contributed by atoms with Gasteiger partial charge in [-0.05, 0) is 62.6 Å². The van der Waals surface area contributed by atoms with E-state index in [0.29, 0.717) is 12.3 Å². The van der Waals surface area contributed by atoms with Gasteiger partial charge in [-0.25, -0.2) is 4.79 Å². The standard InChI is InChI=1S/C18H20F3NO.C4H6O2/c19-18(20,21)15-9-11-16(12-10-15)23-17(8-4-5-13-22)14-6-2-1-3-7-14;1-2-3-4(5)6/h1-3,6-7,9-12,17H,4-5,8,13,22H2;2-3H,1H3,(H,5,6)/b;3-2-. The van der Waals surface area contributed by atoms with Crippen LogP contribution in [0.2, 0.25) is 0 Å². The van der Waals surface area contributed by atoms with Crippen LogP contribution >= 0.6 is 0 Å². The van der Waals surface area contributed by atoms with Crippen molar-refractivity contribution in [3.05, 3.63) is 77.9 Å². The number of carboxylic acids is 1. The highest BCUT2D eigenvalue weighted by atomic mass is 19.4. The van der Waals surface area contributed by atoms with E-state index in [1.165, 1.54) is 18.2 Å². The largest absolute Gasteiger partial charge is 0.486 e. The van der Waals surface area contributed by atoms with E-state index >= 15 is 0 Å². The topological polar surface area (TPSA) is 72.5 Å². The lowest BCUT2D eigenvalue weighted by Crippen LogP contribution is -2.09. The van der Waals surface area contributed by atoms with Crippen molar-refractivity contribution < 1.29 is 27.8 Å². The van der Waals surface area contributed by atoms with Gasteiger partial charge in [0.2, 0.25) is 0 Å². The molecule has 4 nitrogen and oxygen atoms in total. The van der Waals surface area contributed by atoms with Crippen LogP contribution in [0.1, 0.15) is 43.4 Å². The third-order valence-electron chi connectivity index (χ3n) is 3.86. The smallest absolute Gasteiger partial charge is 0.416 e. The fraction of sp³-hybridized carbons (Fsp3) is 0.318. The molecular formula is C22H26F3NO3. The van der Waals surface area contributed by atoms with Crippen LogP contribution in [0.5, 0.6) is 5.75 Å². The van der Waals surface area contributed by atoms with Crippen LogP contribution in [0.3, 0.4) is 0 Å². The highest BCUT2D eigenvalue weighted by Crippen LogP contribution is 2.32. The second-order valence-corrected chi connectivity index (χ2v) is 6.16. The Balaban J connectivity index is 0.000000612. The van der Waals surface area contributed by atoms with Crippen LogP contribution in [0, 0.1) is 0 Å². The molecule has 2 rings (SSSR count). The molecular weight excluding hydrogens is 383 g/mol. The van der Waals surface area contributed by atoms with Crippen molar-refractivity contribution in [3.8, 4) is 5.75 Å². The average molecular weight is 409 g/mol. The maximum Gasteiger partial charge on any atom is 0.416 e. The first kappa shape index (κ1) is 24.2. The molecule has 3 N–H and O–H groups in total. The van der Waals surface area contributed by atoms with E-state index in [4.69, 9.17) is 15.6 Å². The Bertz CT molecular complexity index is 744. The molecule has 0 spiro atoms. The second kappa shape index (κ2) is 12.6. The van der Waals surface area contributed by atoms with Crippen LogP contribution in [0.4, 0.5) is 13.2 Å². The molecule has 0 saturated heterocycles. The molecule has 158 valence electrons. The number of allylic oxidation sites excluding steroid dienone is 1. The van der Waals surface area contributed by atoms with Gasteiger partial charge in [-0.1, -0.05) is 36.4 Å². The summed E-state index contributed by atoms with van der Waals surface area (Å²) in [5, 5.41) is 7.83. The maximum absolute atomic E-state index is 12.6. The van der Waals surface area contributed by atoms with E-state index in [-0.39, 0.29) is 6.10 Å². The number of nitrogens with two attached hydrogens (primary N) is 1. The number of aliphatic carboxylic acids is 1. The van der Waals surface area contributed by atoms with Gasteiger partial charge in [-0.2, -0.15) is 13.2 Å². The molecule has 0 amide bonds. The van der Waals surface area contributed by atoms with Crippen LogP contribution in [0.15, 0.2) is 66.7 Å². The minimum Gasteiger partial charge on any atom is -0.486 e. The lowest BCUT2D eigenvalue weighted by molar-refractivity contribution is -0.137. The minimum atomic E-state index is -4.33. The molecule has 2 aromatic rings. The van der Waals surface area contributed by atoms with Crippen molar-refractivity contribution in [2.45, 2.75) is 38.5 Å². The number of unbranched alkanes of at least 4 members (excludes halogenated alkanes) is 1. The number of hydrogen-bond donors (Lipinski definition) is 2. The molecule has 0 fully saturated rings. The zero-order valence-corrected chi connectivity index (χ0v) is 16.2. The predicted octanol–water partition coefficient (Wildman–Crippen LogP) is 5.60. The van der Waals surface area contributed by atoms with Crippen LogP contribution in [-0.2, 0) is 11.0 Å². The van der Waals surface area contributed by atoms with Gasteiger partial charge in [0.05, 0.1) is 5.56 Å². The molecule has 0 bridgehead atoms. The van der Waals surface area contributed by atoms with E-state index in [9.17, 15) is 18.0 Å². The number of alkyl halides is 3. The van der Waals surface area contributed by atoms with Gasteiger partial charge in [0.1, 0.15) is 11.9 Å². The van der Waals surface area contributed by atoms with E-state index < -0.39 is 17.7 Å². The molecule has 1 unspecified atom stereocenters. The highest BCUT2D eigenvalue weighted by molar-refractivity contribution is 5.79. The van der Waals surface area contributed by atoms with Gasteiger partial charge in [0.15, 0.2) is 0 Å². The summed E-state index contributed by atoms with van der Waals surface area (Å²) in [4.78, 5) is 9.51. The number of carboxylic acid groups (broad SMARTS) is 1. The zero-order valence-electron chi connectivity index (χ0n) is 16.2. The number of hydrogen-bond acceptors (Lipinski definition) is 3. The van der Waals surface area contributed by atoms with Crippen molar-refractivity contribution in [1.82, 2.24) is 0 Å². The molecule has 29 heavy (non-hydrogen) atoms. The first-order valence-corrected chi connectivity index (χ1v) is 9.22. The van der Waals surface area contributed by atoms with Crippen molar-refractivity contribution in [2.75, 3.05) is 6.54 Å². The molecule has 0 heterocycles. The Labute approximate surface area is 168 Å². The molecule has 7 heteroatoms. The van der Waals surface area contributed by atoms with E-state index in [2.05, 4.69) is 0 Å². The Morgan fingerprint density at radius 3 is 2.17 bits per heavy atom. The lowest BCUT2D eigenvalue weighted by atomic mass is 10.0. The Hall–Kier alpha value is -2.80. The van der Waals surface area contributed by atoms with Crippen LogP contribution in [0.25, 0.3) is 0 Å². The summed E-state index contributed by atoms with van der Waals surface area (Å²) in [7, 11) is 0. The van der Waals surface area contributed by atoms with Gasteiger partial charge in [0, 0.05) is 6.08 Å². The normalized spacial score (nSPS) is 12.2. The van der Waals surface area contributed by atoms with Crippen molar-refractivity contribution in [1.29, 1.82) is 0 Å². The Morgan fingerprint density at radius 2 is 1.72 bits per heavy atom. The summed E-state index contributed by atoms with van der Waals surface area (Å²) in [5.74, 6) is -0.461. The third-order valence-corrected chi connectivity index (χ3v) is 3.86. The monoisotopic (exact) mass is 409 g/mol. The molecule has 1 atom stereocenters. The summed E-state index contributed by atoms with van der Waals surface area (Å²) in [6.07, 6.45) is 0.582. The summed E-state index contributed by atoms with van der Waals surface area (Å²) in [5.41, 5.74) is 5.84. The summed E-state index contributed by atoms with van der Waals surface area (Å²) < 4.78 is 43.7. The van der Waals surface area contributed by atoms with E-state index in [1.54, 1.807) is 6.92 Å². The molecule has 2 aromatic carbocycles.